The minimum atomic E-state index is 0.133. The van der Waals surface area contributed by atoms with Crippen LogP contribution in [0.3, 0.4) is 0 Å². The fourth-order valence-corrected chi connectivity index (χ4v) is 2.66. The molecule has 0 fully saturated rings. The summed E-state index contributed by atoms with van der Waals surface area (Å²) in [4.78, 5) is 6.87. The van der Waals surface area contributed by atoms with Crippen LogP contribution in [0.2, 0.25) is 0 Å². The van der Waals surface area contributed by atoms with Crippen molar-refractivity contribution in [3.05, 3.63) is 47.0 Å². The predicted molar refractivity (Wildman–Crippen MR) is 75.9 cm³/mol. The molecule has 0 spiro atoms. The summed E-state index contributed by atoms with van der Waals surface area (Å²) in [5.74, 6) is 0. The van der Waals surface area contributed by atoms with Gasteiger partial charge in [0.15, 0.2) is 0 Å². The number of hydrogen-bond acceptors (Lipinski definition) is 4. The topological polar surface area (TPSA) is 54.2 Å². The smallest absolute Gasteiger partial charge is 0.0644 e. The van der Waals surface area contributed by atoms with Gasteiger partial charge in [0.2, 0.25) is 0 Å². The van der Waals surface area contributed by atoms with Crippen LogP contribution < -0.4 is 0 Å². The van der Waals surface area contributed by atoms with Crippen molar-refractivity contribution in [1.82, 2.24) is 19.7 Å². The number of aliphatic hydroxyl groups is 1. The Morgan fingerprint density at radius 1 is 1.25 bits per heavy atom. The van der Waals surface area contributed by atoms with Crippen molar-refractivity contribution >= 4 is 0 Å². The molecule has 0 aliphatic carbocycles. The highest BCUT2D eigenvalue weighted by Crippen LogP contribution is 2.23. The van der Waals surface area contributed by atoms with Crippen molar-refractivity contribution in [2.45, 2.75) is 39.5 Å². The third kappa shape index (κ3) is 2.59. The molecule has 1 aliphatic rings. The van der Waals surface area contributed by atoms with Crippen LogP contribution in [0.15, 0.2) is 24.5 Å². The summed E-state index contributed by atoms with van der Waals surface area (Å²) in [5, 5.41) is 13.3. The molecule has 0 saturated heterocycles. The van der Waals surface area contributed by atoms with Crippen LogP contribution in [0.5, 0.6) is 0 Å². The fraction of sp³-hybridized carbons (Fsp3) is 0.467. The lowest BCUT2D eigenvalue weighted by molar-refractivity contribution is 0.249. The van der Waals surface area contributed by atoms with Crippen LogP contribution in [0.4, 0.5) is 0 Å². The molecular weight excluding hydrogens is 252 g/mol. The van der Waals surface area contributed by atoms with Gasteiger partial charge in [-0.1, -0.05) is 13.0 Å². The summed E-state index contributed by atoms with van der Waals surface area (Å²) in [7, 11) is 0. The normalized spacial score (nSPS) is 14.7. The second kappa shape index (κ2) is 5.73. The molecule has 0 bridgehead atoms. The van der Waals surface area contributed by atoms with Gasteiger partial charge >= 0.3 is 0 Å². The van der Waals surface area contributed by atoms with Crippen LogP contribution in [-0.4, -0.2) is 31.4 Å². The van der Waals surface area contributed by atoms with E-state index in [1.807, 2.05) is 17.1 Å². The maximum atomic E-state index is 9.04. The molecular formula is C15H20N4O. The molecule has 0 radical (unpaired) electrons. The Morgan fingerprint density at radius 3 is 2.85 bits per heavy atom. The molecule has 3 heterocycles. The van der Waals surface area contributed by atoms with Crippen molar-refractivity contribution in [2.75, 3.05) is 6.61 Å². The van der Waals surface area contributed by atoms with E-state index in [0.717, 1.165) is 31.7 Å². The number of rotatable bonds is 5. The van der Waals surface area contributed by atoms with Gasteiger partial charge in [-0.05, 0) is 18.1 Å². The number of nitrogens with zero attached hydrogens (tertiary/aromatic N) is 4. The monoisotopic (exact) mass is 272 g/mol. The first-order valence-corrected chi connectivity index (χ1v) is 7.10. The molecule has 1 aliphatic heterocycles. The van der Waals surface area contributed by atoms with E-state index in [1.165, 1.54) is 16.8 Å². The molecule has 0 amide bonds. The highest BCUT2D eigenvalue weighted by Gasteiger charge is 2.23. The highest BCUT2D eigenvalue weighted by molar-refractivity contribution is 5.23. The van der Waals surface area contributed by atoms with E-state index in [9.17, 15) is 0 Å². The van der Waals surface area contributed by atoms with Gasteiger partial charge in [0.1, 0.15) is 0 Å². The Balaban J connectivity index is 1.66. The van der Waals surface area contributed by atoms with Gasteiger partial charge in [-0.2, -0.15) is 5.10 Å². The molecule has 2 aromatic heterocycles. The second-order valence-electron chi connectivity index (χ2n) is 5.22. The molecule has 0 unspecified atom stereocenters. The Morgan fingerprint density at radius 2 is 2.15 bits per heavy atom. The van der Waals surface area contributed by atoms with Crippen molar-refractivity contribution in [3.8, 4) is 0 Å². The minimum Gasteiger partial charge on any atom is -0.394 e. The summed E-state index contributed by atoms with van der Waals surface area (Å²) < 4.78 is 1.91. The van der Waals surface area contributed by atoms with E-state index >= 15 is 0 Å². The van der Waals surface area contributed by atoms with E-state index in [-0.39, 0.29) is 6.61 Å². The Hall–Kier alpha value is -1.72. The van der Waals surface area contributed by atoms with Gasteiger partial charge in [-0.15, -0.1) is 0 Å². The average molecular weight is 272 g/mol. The molecule has 5 heteroatoms. The van der Waals surface area contributed by atoms with E-state index in [2.05, 4.69) is 34.0 Å². The van der Waals surface area contributed by atoms with Gasteiger partial charge in [0, 0.05) is 31.4 Å². The lowest BCUT2D eigenvalue weighted by Crippen LogP contribution is -2.18. The quantitative estimate of drug-likeness (QED) is 0.892. The van der Waals surface area contributed by atoms with Crippen LogP contribution in [0, 0.1) is 0 Å². The molecule has 3 rings (SSSR count). The minimum absolute atomic E-state index is 0.133. The molecule has 0 aromatic carbocycles. The maximum Gasteiger partial charge on any atom is 0.0644 e. The van der Waals surface area contributed by atoms with E-state index in [0.29, 0.717) is 6.54 Å². The Labute approximate surface area is 118 Å². The number of hydrogen-bond donors (Lipinski definition) is 1. The van der Waals surface area contributed by atoms with Gasteiger partial charge in [0.05, 0.1) is 30.7 Å². The maximum absolute atomic E-state index is 9.04. The van der Waals surface area contributed by atoms with Crippen molar-refractivity contribution in [3.63, 3.8) is 0 Å². The summed E-state index contributed by atoms with van der Waals surface area (Å²) in [6.45, 7) is 5.50. The summed E-state index contributed by atoms with van der Waals surface area (Å²) in [6.07, 6.45) is 4.91. The molecule has 20 heavy (non-hydrogen) atoms. The first-order chi connectivity index (χ1) is 9.80. The van der Waals surface area contributed by atoms with Gasteiger partial charge in [-0.25, -0.2) is 0 Å². The van der Waals surface area contributed by atoms with Crippen molar-refractivity contribution in [1.29, 1.82) is 0 Å². The lowest BCUT2D eigenvalue weighted by Gasteiger charge is -2.15. The zero-order valence-corrected chi connectivity index (χ0v) is 11.8. The zero-order valence-electron chi connectivity index (χ0n) is 11.8. The van der Waals surface area contributed by atoms with Gasteiger partial charge in [0.25, 0.3) is 0 Å². The largest absolute Gasteiger partial charge is 0.394 e. The van der Waals surface area contributed by atoms with Crippen LogP contribution in [0.25, 0.3) is 0 Å². The SMILES string of the molecule is CCc1ccc(CN2Cc3cnn(CCO)c3C2)nc1. The van der Waals surface area contributed by atoms with Crippen molar-refractivity contribution in [2.24, 2.45) is 0 Å². The highest BCUT2D eigenvalue weighted by atomic mass is 16.3. The molecule has 0 saturated carbocycles. The van der Waals surface area contributed by atoms with Crippen LogP contribution >= 0.6 is 0 Å². The number of aryl methyl sites for hydroxylation is 1. The third-order valence-corrected chi connectivity index (χ3v) is 3.79. The molecule has 0 atom stereocenters. The average Bonchev–Trinajstić information content (AvgIpc) is 3.02. The zero-order chi connectivity index (χ0) is 13.9. The molecule has 1 N–H and O–H groups in total. The molecule has 5 nitrogen and oxygen atoms in total. The van der Waals surface area contributed by atoms with Gasteiger partial charge in [-0.3, -0.25) is 14.6 Å². The predicted octanol–water partition coefficient (Wildman–Crippen LogP) is 1.35. The van der Waals surface area contributed by atoms with Crippen LogP contribution in [-0.2, 0) is 32.6 Å². The number of aliphatic hydroxyl groups excluding tert-OH is 1. The number of pyridine rings is 1. The Bertz CT molecular complexity index is 576. The first kappa shape index (κ1) is 13.3. The van der Waals surface area contributed by atoms with Crippen LogP contribution in [0.1, 0.15) is 29.4 Å². The number of fused-ring (bicyclic) bond motifs is 1. The summed E-state index contributed by atoms with van der Waals surface area (Å²) >= 11 is 0. The van der Waals surface area contributed by atoms with Gasteiger partial charge < -0.3 is 5.11 Å². The second-order valence-corrected chi connectivity index (χ2v) is 5.22. The van der Waals surface area contributed by atoms with E-state index < -0.39 is 0 Å². The summed E-state index contributed by atoms with van der Waals surface area (Å²) in [5.41, 5.74) is 4.87. The fourth-order valence-electron chi connectivity index (χ4n) is 2.66. The molecule has 2 aromatic rings. The standard InChI is InChI=1S/C15H20N4O/c1-2-12-3-4-14(16-7-12)10-18-9-13-8-17-19(5-6-20)15(13)11-18/h3-4,7-8,20H,2,5-6,9-11H2,1H3. The summed E-state index contributed by atoms with van der Waals surface area (Å²) in [6, 6.07) is 4.26. The van der Waals surface area contributed by atoms with E-state index in [4.69, 9.17) is 5.11 Å². The lowest BCUT2D eigenvalue weighted by atomic mass is 10.2. The number of aromatic nitrogens is 3. The van der Waals surface area contributed by atoms with E-state index in [1.54, 1.807) is 0 Å². The molecule has 106 valence electrons. The third-order valence-electron chi connectivity index (χ3n) is 3.79. The Kier molecular flexibility index (Phi) is 3.80. The van der Waals surface area contributed by atoms with Crippen molar-refractivity contribution < 1.29 is 5.11 Å². The first-order valence-electron chi connectivity index (χ1n) is 7.10.